The first-order valence-corrected chi connectivity index (χ1v) is 6.50. The molecule has 2 rings (SSSR count). The van der Waals surface area contributed by atoms with E-state index in [4.69, 9.17) is 0 Å². The Bertz CT molecular complexity index is 180. The van der Waals surface area contributed by atoms with E-state index in [0.717, 1.165) is 24.1 Å². The predicted octanol–water partition coefficient (Wildman–Crippen LogP) is 2.59. The molecule has 14 heavy (non-hydrogen) atoms. The fraction of sp³-hybridized carbons (Fsp3) is 0.833. The SMILES string of the molecule is SCC=CCN(CC1CC1)CC1CC1. The molecule has 0 aliphatic heterocycles. The minimum Gasteiger partial charge on any atom is -0.299 e. The van der Waals surface area contributed by atoms with E-state index in [2.05, 4.69) is 29.7 Å². The van der Waals surface area contributed by atoms with Crippen molar-refractivity contribution in [2.45, 2.75) is 25.7 Å². The molecule has 2 aliphatic carbocycles. The van der Waals surface area contributed by atoms with Crippen LogP contribution in [-0.4, -0.2) is 30.3 Å². The molecule has 2 heteroatoms. The van der Waals surface area contributed by atoms with Crippen LogP contribution in [0.4, 0.5) is 0 Å². The van der Waals surface area contributed by atoms with Crippen molar-refractivity contribution in [3.05, 3.63) is 12.2 Å². The lowest BCUT2D eigenvalue weighted by atomic mass is 10.3. The summed E-state index contributed by atoms with van der Waals surface area (Å²) in [6.07, 6.45) is 10.3. The molecule has 0 heterocycles. The summed E-state index contributed by atoms with van der Waals surface area (Å²) in [6.45, 7) is 3.83. The van der Waals surface area contributed by atoms with E-state index in [-0.39, 0.29) is 0 Å². The quantitative estimate of drug-likeness (QED) is 0.500. The van der Waals surface area contributed by atoms with Gasteiger partial charge >= 0.3 is 0 Å². The fourth-order valence-corrected chi connectivity index (χ4v) is 2.00. The Balaban J connectivity index is 1.68. The molecule has 2 saturated carbocycles. The highest BCUT2D eigenvalue weighted by Crippen LogP contribution is 2.33. The van der Waals surface area contributed by atoms with Crippen molar-refractivity contribution in [1.29, 1.82) is 0 Å². The monoisotopic (exact) mass is 211 g/mol. The third kappa shape index (κ3) is 4.05. The van der Waals surface area contributed by atoms with Gasteiger partial charge in [0.15, 0.2) is 0 Å². The van der Waals surface area contributed by atoms with E-state index in [9.17, 15) is 0 Å². The van der Waals surface area contributed by atoms with Crippen molar-refractivity contribution < 1.29 is 0 Å². The zero-order valence-electron chi connectivity index (χ0n) is 8.86. The van der Waals surface area contributed by atoms with Gasteiger partial charge in [0.05, 0.1) is 0 Å². The first-order valence-electron chi connectivity index (χ1n) is 5.86. The van der Waals surface area contributed by atoms with Gasteiger partial charge in [0.2, 0.25) is 0 Å². The van der Waals surface area contributed by atoms with Crippen molar-refractivity contribution in [2.75, 3.05) is 25.4 Å². The van der Waals surface area contributed by atoms with Gasteiger partial charge in [0, 0.05) is 25.4 Å². The standard InChI is InChI=1S/C12H21NS/c14-8-2-1-7-13(9-11-3-4-11)10-12-5-6-12/h1-2,11-12,14H,3-10H2. The highest BCUT2D eigenvalue weighted by atomic mass is 32.1. The summed E-state index contributed by atoms with van der Waals surface area (Å²) in [5.74, 6) is 2.93. The molecule has 0 aromatic rings. The Labute approximate surface area is 93.0 Å². The lowest BCUT2D eigenvalue weighted by Gasteiger charge is -2.20. The lowest BCUT2D eigenvalue weighted by Crippen LogP contribution is -2.28. The molecule has 0 unspecified atom stereocenters. The highest BCUT2D eigenvalue weighted by Gasteiger charge is 2.28. The van der Waals surface area contributed by atoms with Crippen LogP contribution in [0, 0.1) is 11.8 Å². The minimum atomic E-state index is 0.876. The van der Waals surface area contributed by atoms with Gasteiger partial charge < -0.3 is 0 Å². The number of rotatable bonds is 7. The van der Waals surface area contributed by atoms with Crippen LogP contribution in [0.15, 0.2) is 12.2 Å². The van der Waals surface area contributed by atoms with Crippen molar-refractivity contribution >= 4 is 12.6 Å². The van der Waals surface area contributed by atoms with Gasteiger partial charge in [-0.1, -0.05) is 12.2 Å². The fourth-order valence-electron chi connectivity index (χ4n) is 1.85. The first kappa shape index (κ1) is 10.6. The molecule has 2 fully saturated rings. The van der Waals surface area contributed by atoms with Crippen molar-refractivity contribution in [1.82, 2.24) is 4.90 Å². The number of hydrogen-bond acceptors (Lipinski definition) is 2. The molecular weight excluding hydrogens is 190 g/mol. The second kappa shape index (κ2) is 5.22. The molecule has 80 valence electrons. The molecule has 0 atom stereocenters. The normalized spacial score (nSPS) is 22.4. The topological polar surface area (TPSA) is 3.24 Å². The number of thiol groups is 1. The van der Waals surface area contributed by atoms with Gasteiger partial charge in [0.1, 0.15) is 0 Å². The van der Waals surface area contributed by atoms with Crippen LogP contribution in [0.5, 0.6) is 0 Å². The maximum atomic E-state index is 4.18. The van der Waals surface area contributed by atoms with E-state index in [1.54, 1.807) is 0 Å². The number of nitrogens with zero attached hydrogens (tertiary/aromatic N) is 1. The average Bonchev–Trinajstić information content (AvgIpc) is 2.99. The Morgan fingerprint density at radius 2 is 1.57 bits per heavy atom. The Morgan fingerprint density at radius 1 is 1.00 bits per heavy atom. The van der Waals surface area contributed by atoms with Crippen LogP contribution in [0.2, 0.25) is 0 Å². The van der Waals surface area contributed by atoms with E-state index in [0.29, 0.717) is 0 Å². The molecule has 0 radical (unpaired) electrons. The summed E-state index contributed by atoms with van der Waals surface area (Å²) >= 11 is 4.18. The van der Waals surface area contributed by atoms with Crippen molar-refractivity contribution in [3.8, 4) is 0 Å². The maximum absolute atomic E-state index is 4.18. The van der Waals surface area contributed by atoms with Gasteiger partial charge in [-0.3, -0.25) is 4.90 Å². The van der Waals surface area contributed by atoms with Crippen molar-refractivity contribution in [3.63, 3.8) is 0 Å². The van der Waals surface area contributed by atoms with E-state index in [1.165, 1.54) is 38.8 Å². The third-order valence-electron chi connectivity index (χ3n) is 3.06. The minimum absolute atomic E-state index is 0.876. The molecular formula is C12H21NS. The van der Waals surface area contributed by atoms with Crippen LogP contribution >= 0.6 is 12.6 Å². The molecule has 2 aliphatic rings. The van der Waals surface area contributed by atoms with Crippen LogP contribution < -0.4 is 0 Å². The van der Waals surface area contributed by atoms with Gasteiger partial charge in [0.25, 0.3) is 0 Å². The molecule has 0 aromatic carbocycles. The highest BCUT2D eigenvalue weighted by molar-refractivity contribution is 7.80. The van der Waals surface area contributed by atoms with Crippen LogP contribution in [0.25, 0.3) is 0 Å². The molecule has 0 N–H and O–H groups in total. The Morgan fingerprint density at radius 3 is 2.00 bits per heavy atom. The molecule has 1 nitrogen and oxygen atoms in total. The molecule has 0 bridgehead atoms. The summed E-state index contributed by atoms with van der Waals surface area (Å²) in [7, 11) is 0. The largest absolute Gasteiger partial charge is 0.299 e. The van der Waals surface area contributed by atoms with Gasteiger partial charge in [-0.25, -0.2) is 0 Å². The van der Waals surface area contributed by atoms with Crippen LogP contribution in [-0.2, 0) is 0 Å². The van der Waals surface area contributed by atoms with Gasteiger partial charge in [-0.05, 0) is 37.5 Å². The maximum Gasteiger partial charge on any atom is 0.0163 e. The molecule has 0 saturated heterocycles. The smallest absolute Gasteiger partial charge is 0.0163 e. The summed E-state index contributed by atoms with van der Waals surface area (Å²) in [6, 6.07) is 0. The van der Waals surface area contributed by atoms with Crippen molar-refractivity contribution in [2.24, 2.45) is 11.8 Å². The number of hydrogen-bond donors (Lipinski definition) is 1. The summed E-state index contributed by atoms with van der Waals surface area (Å²) in [5.41, 5.74) is 0. The van der Waals surface area contributed by atoms with E-state index in [1.807, 2.05) is 0 Å². The molecule has 0 aromatic heterocycles. The molecule has 0 amide bonds. The molecule has 0 spiro atoms. The van der Waals surface area contributed by atoms with Crippen LogP contribution in [0.3, 0.4) is 0 Å². The lowest BCUT2D eigenvalue weighted by molar-refractivity contribution is 0.278. The summed E-state index contributed by atoms with van der Waals surface area (Å²) < 4.78 is 0. The first-order chi connectivity index (χ1) is 6.88. The summed E-state index contributed by atoms with van der Waals surface area (Å²) in [4.78, 5) is 2.63. The van der Waals surface area contributed by atoms with Gasteiger partial charge in [-0.2, -0.15) is 12.6 Å². The average molecular weight is 211 g/mol. The third-order valence-corrected chi connectivity index (χ3v) is 3.27. The Hall–Kier alpha value is 0.0500. The van der Waals surface area contributed by atoms with E-state index < -0.39 is 0 Å². The summed E-state index contributed by atoms with van der Waals surface area (Å²) in [5, 5.41) is 0. The van der Waals surface area contributed by atoms with Gasteiger partial charge in [-0.15, -0.1) is 0 Å². The zero-order valence-corrected chi connectivity index (χ0v) is 9.76. The second-order valence-electron chi connectivity index (χ2n) is 4.76. The second-order valence-corrected chi connectivity index (χ2v) is 5.12. The Kier molecular flexibility index (Phi) is 3.94. The van der Waals surface area contributed by atoms with E-state index >= 15 is 0 Å². The predicted molar refractivity (Wildman–Crippen MR) is 64.9 cm³/mol. The zero-order chi connectivity index (χ0) is 9.80. The van der Waals surface area contributed by atoms with Crippen LogP contribution in [0.1, 0.15) is 25.7 Å².